The smallest absolute Gasteiger partial charge is 0.349 e. The van der Waals surface area contributed by atoms with E-state index in [0.717, 1.165) is 11.8 Å². The molecule has 0 aliphatic rings. The maximum atomic E-state index is 10.9. The van der Waals surface area contributed by atoms with E-state index in [4.69, 9.17) is 10.5 Å². The van der Waals surface area contributed by atoms with Gasteiger partial charge in [-0.15, -0.1) is 0 Å². The Morgan fingerprint density at radius 2 is 2.15 bits per heavy atom. The average Bonchev–Trinajstić information content (AvgIpc) is 2.38. The van der Waals surface area contributed by atoms with E-state index in [0.29, 0.717) is 11.7 Å². The molecule has 1 aromatic carbocycles. The Balaban J connectivity index is 2.36. The molecule has 0 fully saturated rings. The van der Waals surface area contributed by atoms with Crippen LogP contribution in [-0.4, -0.2) is 14.9 Å². The van der Waals surface area contributed by atoms with Crippen LogP contribution in [0.1, 0.15) is 25.3 Å². The zero-order valence-corrected chi connectivity index (χ0v) is 11.1. The predicted molar refractivity (Wildman–Crippen MR) is 73.7 cm³/mol. The molecule has 1 aromatic heterocycles. The van der Waals surface area contributed by atoms with E-state index in [-0.39, 0.29) is 17.5 Å². The third-order valence-corrected chi connectivity index (χ3v) is 2.69. The molecular weight excluding hydrogens is 260 g/mol. The molecule has 0 saturated carbocycles. The predicted octanol–water partition coefficient (Wildman–Crippen LogP) is 2.88. The highest BCUT2D eigenvalue weighted by atomic mass is 16.6. The van der Waals surface area contributed by atoms with E-state index >= 15 is 0 Å². The van der Waals surface area contributed by atoms with Gasteiger partial charge < -0.3 is 10.5 Å². The van der Waals surface area contributed by atoms with Crippen LogP contribution in [0.2, 0.25) is 0 Å². The zero-order chi connectivity index (χ0) is 14.7. The number of nitrogens with two attached hydrogens (primary N) is 1. The summed E-state index contributed by atoms with van der Waals surface area (Å²) >= 11 is 0. The summed E-state index contributed by atoms with van der Waals surface area (Å²) in [6.45, 7) is 4.09. The van der Waals surface area contributed by atoms with Gasteiger partial charge in [-0.3, -0.25) is 10.1 Å². The van der Waals surface area contributed by atoms with Crippen LogP contribution in [0.15, 0.2) is 30.5 Å². The second-order valence-electron chi connectivity index (χ2n) is 4.50. The minimum absolute atomic E-state index is 0.0781. The van der Waals surface area contributed by atoms with Gasteiger partial charge >= 0.3 is 11.6 Å². The van der Waals surface area contributed by atoms with Crippen molar-refractivity contribution in [3.05, 3.63) is 46.1 Å². The highest BCUT2D eigenvalue weighted by molar-refractivity contribution is 5.44. The third kappa shape index (κ3) is 3.00. The molecule has 20 heavy (non-hydrogen) atoms. The third-order valence-electron chi connectivity index (χ3n) is 2.69. The first kappa shape index (κ1) is 13.7. The molecule has 0 saturated heterocycles. The summed E-state index contributed by atoms with van der Waals surface area (Å²) in [7, 11) is 0. The van der Waals surface area contributed by atoms with Crippen LogP contribution in [-0.2, 0) is 0 Å². The average molecular weight is 274 g/mol. The first-order chi connectivity index (χ1) is 9.47. The van der Waals surface area contributed by atoms with Crippen LogP contribution in [0.4, 0.5) is 11.6 Å². The van der Waals surface area contributed by atoms with Crippen LogP contribution >= 0.6 is 0 Å². The summed E-state index contributed by atoms with van der Waals surface area (Å²) in [6.07, 6.45) is 1.03. The molecule has 0 aliphatic carbocycles. The standard InChI is InChI=1S/C13H14N4O3/c1-8(2)9-4-3-5-10(6-9)20-12-11(17(18)19)7-15-13(14)16-12/h3-8H,1-2H3,(H2,14,15,16). The normalized spacial score (nSPS) is 10.6. The minimum Gasteiger partial charge on any atom is -0.434 e. The lowest BCUT2D eigenvalue weighted by atomic mass is 10.0. The van der Waals surface area contributed by atoms with Gasteiger partial charge in [0.1, 0.15) is 11.9 Å². The molecule has 104 valence electrons. The number of benzene rings is 1. The van der Waals surface area contributed by atoms with Crippen molar-refractivity contribution < 1.29 is 9.66 Å². The number of hydrogen-bond donors (Lipinski definition) is 1. The van der Waals surface area contributed by atoms with Crippen LogP contribution in [0, 0.1) is 10.1 Å². The molecule has 2 N–H and O–H groups in total. The van der Waals surface area contributed by atoms with Gasteiger partial charge in [-0.05, 0) is 23.6 Å². The van der Waals surface area contributed by atoms with Gasteiger partial charge in [0.2, 0.25) is 5.95 Å². The molecule has 2 rings (SSSR count). The molecule has 1 heterocycles. The van der Waals surface area contributed by atoms with Crippen molar-refractivity contribution >= 4 is 11.6 Å². The Morgan fingerprint density at radius 3 is 2.80 bits per heavy atom. The minimum atomic E-state index is -0.610. The molecule has 0 aliphatic heterocycles. The molecule has 0 atom stereocenters. The molecule has 0 spiro atoms. The van der Waals surface area contributed by atoms with E-state index in [2.05, 4.69) is 9.97 Å². The molecule has 0 bridgehead atoms. The van der Waals surface area contributed by atoms with Crippen molar-refractivity contribution in [2.24, 2.45) is 0 Å². The summed E-state index contributed by atoms with van der Waals surface area (Å²) in [5, 5.41) is 10.9. The van der Waals surface area contributed by atoms with Gasteiger partial charge in [-0.2, -0.15) is 4.98 Å². The van der Waals surface area contributed by atoms with E-state index in [9.17, 15) is 10.1 Å². The van der Waals surface area contributed by atoms with Crippen molar-refractivity contribution in [2.45, 2.75) is 19.8 Å². The van der Waals surface area contributed by atoms with E-state index in [1.807, 2.05) is 32.0 Å². The van der Waals surface area contributed by atoms with Crippen LogP contribution < -0.4 is 10.5 Å². The number of nitro groups is 1. The van der Waals surface area contributed by atoms with Crippen LogP contribution in [0.3, 0.4) is 0 Å². The van der Waals surface area contributed by atoms with Crippen molar-refractivity contribution in [3.63, 3.8) is 0 Å². The van der Waals surface area contributed by atoms with Gasteiger partial charge in [0.05, 0.1) is 4.92 Å². The van der Waals surface area contributed by atoms with Gasteiger partial charge in [0, 0.05) is 0 Å². The molecule has 7 nitrogen and oxygen atoms in total. The van der Waals surface area contributed by atoms with Gasteiger partial charge in [-0.1, -0.05) is 26.0 Å². The Bertz CT molecular complexity index is 643. The van der Waals surface area contributed by atoms with Gasteiger partial charge in [0.15, 0.2) is 0 Å². The SMILES string of the molecule is CC(C)c1cccc(Oc2nc(N)ncc2[N+](=O)[O-])c1. The number of ether oxygens (including phenoxy) is 1. The fourth-order valence-corrected chi connectivity index (χ4v) is 1.62. The zero-order valence-electron chi connectivity index (χ0n) is 11.1. The monoisotopic (exact) mass is 274 g/mol. The lowest BCUT2D eigenvalue weighted by molar-refractivity contribution is -0.386. The Hall–Kier alpha value is -2.70. The van der Waals surface area contributed by atoms with E-state index in [1.165, 1.54) is 0 Å². The number of nitrogens with zero attached hydrogens (tertiary/aromatic N) is 3. The Labute approximate surface area is 115 Å². The summed E-state index contributed by atoms with van der Waals surface area (Å²) in [5.74, 6) is 0.551. The van der Waals surface area contributed by atoms with Crippen molar-refractivity contribution in [2.75, 3.05) is 5.73 Å². The molecular formula is C13H14N4O3. The number of hydrogen-bond acceptors (Lipinski definition) is 6. The largest absolute Gasteiger partial charge is 0.434 e. The van der Waals surface area contributed by atoms with E-state index in [1.54, 1.807) is 6.07 Å². The second-order valence-corrected chi connectivity index (χ2v) is 4.50. The molecule has 2 aromatic rings. The summed E-state index contributed by atoms with van der Waals surface area (Å²) in [6, 6.07) is 7.29. The highest BCUT2D eigenvalue weighted by Gasteiger charge is 2.19. The lowest BCUT2D eigenvalue weighted by Gasteiger charge is -2.09. The molecule has 0 unspecified atom stereocenters. The molecule has 0 amide bonds. The van der Waals surface area contributed by atoms with Crippen LogP contribution in [0.5, 0.6) is 11.6 Å². The van der Waals surface area contributed by atoms with E-state index < -0.39 is 4.92 Å². The number of nitrogen functional groups attached to an aromatic ring is 1. The summed E-state index contributed by atoms with van der Waals surface area (Å²) < 4.78 is 5.47. The maximum Gasteiger partial charge on any atom is 0.349 e. The second kappa shape index (κ2) is 5.52. The Morgan fingerprint density at radius 1 is 1.40 bits per heavy atom. The topological polar surface area (TPSA) is 104 Å². The van der Waals surface area contributed by atoms with Gasteiger partial charge in [-0.25, -0.2) is 4.98 Å². The Kier molecular flexibility index (Phi) is 3.79. The number of aromatic nitrogens is 2. The van der Waals surface area contributed by atoms with Crippen molar-refractivity contribution in [1.29, 1.82) is 0 Å². The fraction of sp³-hybridized carbons (Fsp3) is 0.231. The molecule has 7 heteroatoms. The summed E-state index contributed by atoms with van der Waals surface area (Å²) in [4.78, 5) is 17.7. The lowest BCUT2D eigenvalue weighted by Crippen LogP contribution is -2.01. The number of anilines is 1. The van der Waals surface area contributed by atoms with Crippen LogP contribution in [0.25, 0.3) is 0 Å². The first-order valence-electron chi connectivity index (χ1n) is 6.02. The molecule has 0 radical (unpaired) electrons. The fourth-order valence-electron chi connectivity index (χ4n) is 1.62. The highest BCUT2D eigenvalue weighted by Crippen LogP contribution is 2.30. The first-order valence-corrected chi connectivity index (χ1v) is 6.02. The summed E-state index contributed by atoms with van der Waals surface area (Å²) in [5.41, 5.74) is 6.17. The number of rotatable bonds is 4. The maximum absolute atomic E-state index is 10.9. The quantitative estimate of drug-likeness (QED) is 0.679. The van der Waals surface area contributed by atoms with Crippen molar-refractivity contribution in [1.82, 2.24) is 9.97 Å². The van der Waals surface area contributed by atoms with Gasteiger partial charge in [0.25, 0.3) is 0 Å². The van der Waals surface area contributed by atoms with Crippen molar-refractivity contribution in [3.8, 4) is 11.6 Å².